The van der Waals surface area contributed by atoms with Gasteiger partial charge < -0.3 is 14.4 Å². The van der Waals surface area contributed by atoms with Crippen LogP contribution < -0.4 is 9.46 Å². The van der Waals surface area contributed by atoms with Crippen molar-refractivity contribution in [1.29, 1.82) is 0 Å². The standard InChI is InChI=1S/C26H39N3O8S/c1-3-37-26(32)19-12-15-28(16-13-19)24(30)11-14-27-38(34,35)23-10-9-22(36-2)17-20(23)18-25(31)29(33)21-7-5-4-6-8-21/h9-10,17,19,21,27,33H,3-8,11-16,18H2,1-2H3. The normalized spacial score (nSPS) is 17.2. The SMILES string of the molecule is CCOC(=O)C1CCN(C(=O)CCNS(=O)(=O)c2ccc(OC)cc2CC(=O)N(O)C2CCCCC2)CC1. The molecule has 2 N–H and O–H groups in total. The zero-order chi connectivity index (χ0) is 27.7. The van der Waals surface area contributed by atoms with Crippen molar-refractivity contribution < 1.29 is 37.5 Å². The number of sulfonamides is 1. The lowest BCUT2D eigenvalue weighted by Crippen LogP contribution is -2.42. The third-order valence-electron chi connectivity index (χ3n) is 7.17. The molecule has 0 radical (unpaired) electrons. The van der Waals surface area contributed by atoms with Crippen LogP contribution in [0.25, 0.3) is 0 Å². The first-order valence-corrected chi connectivity index (χ1v) is 14.8. The number of hydroxylamine groups is 2. The molecule has 1 aliphatic heterocycles. The summed E-state index contributed by atoms with van der Waals surface area (Å²) >= 11 is 0. The Hall–Kier alpha value is -2.70. The Morgan fingerprint density at radius 3 is 2.42 bits per heavy atom. The van der Waals surface area contributed by atoms with Gasteiger partial charge in [-0.3, -0.25) is 19.6 Å². The Labute approximate surface area is 224 Å². The summed E-state index contributed by atoms with van der Waals surface area (Å²) in [6.07, 6.45) is 5.03. The molecule has 0 unspecified atom stereocenters. The zero-order valence-electron chi connectivity index (χ0n) is 22.2. The molecule has 3 rings (SSSR count). The van der Waals surface area contributed by atoms with Gasteiger partial charge in [0.25, 0.3) is 5.91 Å². The van der Waals surface area contributed by atoms with Crippen LogP contribution in [0.1, 0.15) is 63.9 Å². The molecule has 1 saturated carbocycles. The number of esters is 1. The molecule has 0 bridgehead atoms. The van der Waals surface area contributed by atoms with Crippen molar-refractivity contribution in [1.82, 2.24) is 14.7 Å². The van der Waals surface area contributed by atoms with Crippen LogP contribution in [0.4, 0.5) is 0 Å². The van der Waals surface area contributed by atoms with E-state index in [4.69, 9.17) is 9.47 Å². The Balaban J connectivity index is 1.59. The van der Waals surface area contributed by atoms with E-state index in [-0.39, 0.29) is 53.7 Å². The van der Waals surface area contributed by atoms with E-state index in [1.165, 1.54) is 25.3 Å². The van der Waals surface area contributed by atoms with E-state index in [9.17, 15) is 28.0 Å². The van der Waals surface area contributed by atoms with Crippen LogP contribution in [0.15, 0.2) is 23.1 Å². The minimum Gasteiger partial charge on any atom is -0.497 e. The van der Waals surface area contributed by atoms with E-state index < -0.39 is 15.9 Å². The van der Waals surface area contributed by atoms with E-state index in [1.54, 1.807) is 11.8 Å². The Morgan fingerprint density at radius 2 is 1.79 bits per heavy atom. The van der Waals surface area contributed by atoms with Gasteiger partial charge in [0, 0.05) is 26.1 Å². The van der Waals surface area contributed by atoms with Gasteiger partial charge in [-0.15, -0.1) is 0 Å². The highest BCUT2D eigenvalue weighted by atomic mass is 32.2. The third kappa shape index (κ3) is 7.90. The molecule has 1 heterocycles. The largest absolute Gasteiger partial charge is 0.497 e. The zero-order valence-corrected chi connectivity index (χ0v) is 23.0. The van der Waals surface area contributed by atoms with E-state index in [0.29, 0.717) is 51.1 Å². The van der Waals surface area contributed by atoms with E-state index in [0.717, 1.165) is 24.3 Å². The fourth-order valence-corrected chi connectivity index (χ4v) is 6.26. The minimum atomic E-state index is -4.05. The highest BCUT2D eigenvalue weighted by molar-refractivity contribution is 7.89. The van der Waals surface area contributed by atoms with Crippen molar-refractivity contribution in [3.05, 3.63) is 23.8 Å². The maximum absolute atomic E-state index is 13.1. The summed E-state index contributed by atoms with van der Waals surface area (Å²) in [7, 11) is -2.62. The number of amides is 2. The molecule has 2 amide bonds. The molecule has 0 aromatic heterocycles. The predicted octanol–water partition coefficient (Wildman–Crippen LogP) is 2.26. The minimum absolute atomic E-state index is 0.0418. The van der Waals surface area contributed by atoms with E-state index >= 15 is 0 Å². The van der Waals surface area contributed by atoms with Crippen LogP contribution in [0, 0.1) is 5.92 Å². The molecule has 1 aromatic rings. The summed E-state index contributed by atoms with van der Waals surface area (Å²) in [4.78, 5) is 38.9. The number of benzene rings is 1. The lowest BCUT2D eigenvalue weighted by Gasteiger charge is -2.31. The van der Waals surface area contributed by atoms with Gasteiger partial charge in [-0.2, -0.15) is 0 Å². The Bertz CT molecular complexity index is 1080. The van der Waals surface area contributed by atoms with Crippen molar-refractivity contribution in [2.45, 2.75) is 75.6 Å². The molecule has 1 aromatic carbocycles. The number of nitrogens with zero attached hydrogens (tertiary/aromatic N) is 2. The summed E-state index contributed by atoms with van der Waals surface area (Å²) < 4.78 is 39.0. The number of hydrogen-bond acceptors (Lipinski definition) is 8. The predicted molar refractivity (Wildman–Crippen MR) is 138 cm³/mol. The average Bonchev–Trinajstić information content (AvgIpc) is 2.93. The van der Waals surface area contributed by atoms with Crippen LogP contribution in [0.2, 0.25) is 0 Å². The molecule has 1 aliphatic carbocycles. The first kappa shape index (κ1) is 29.9. The summed E-state index contributed by atoms with van der Waals surface area (Å²) in [5, 5.41) is 11.2. The number of piperidine rings is 1. The van der Waals surface area contributed by atoms with Crippen molar-refractivity contribution in [2.24, 2.45) is 5.92 Å². The van der Waals surface area contributed by atoms with Crippen LogP contribution in [0.5, 0.6) is 5.75 Å². The van der Waals surface area contributed by atoms with Crippen LogP contribution in [-0.2, 0) is 35.6 Å². The molecule has 11 nitrogen and oxygen atoms in total. The summed E-state index contributed by atoms with van der Waals surface area (Å²) in [6, 6.07) is 4.04. The third-order valence-corrected chi connectivity index (χ3v) is 8.73. The molecule has 0 atom stereocenters. The van der Waals surface area contributed by atoms with Crippen LogP contribution >= 0.6 is 0 Å². The van der Waals surface area contributed by atoms with Crippen LogP contribution in [-0.4, -0.2) is 80.8 Å². The smallest absolute Gasteiger partial charge is 0.309 e. The summed E-state index contributed by atoms with van der Waals surface area (Å²) in [6.45, 7) is 2.79. The second kappa shape index (κ2) is 13.9. The van der Waals surface area contributed by atoms with Gasteiger partial charge in [0.2, 0.25) is 15.9 Å². The number of nitrogens with one attached hydrogen (secondary N) is 1. The number of methoxy groups -OCH3 is 1. The molecule has 38 heavy (non-hydrogen) atoms. The topological polar surface area (TPSA) is 143 Å². The molecule has 212 valence electrons. The van der Waals surface area contributed by atoms with Gasteiger partial charge in [0.1, 0.15) is 5.75 Å². The van der Waals surface area contributed by atoms with Crippen molar-refractivity contribution in [3.63, 3.8) is 0 Å². The molecule has 1 saturated heterocycles. The summed E-state index contributed by atoms with van der Waals surface area (Å²) in [5.74, 6) is -0.868. The van der Waals surface area contributed by atoms with E-state index in [1.807, 2.05) is 0 Å². The molecular weight excluding hydrogens is 514 g/mol. The van der Waals surface area contributed by atoms with Crippen LogP contribution in [0.3, 0.4) is 0 Å². The van der Waals surface area contributed by atoms with E-state index in [2.05, 4.69) is 4.72 Å². The fraction of sp³-hybridized carbons (Fsp3) is 0.654. The van der Waals surface area contributed by atoms with Gasteiger partial charge in [0.05, 0.1) is 37.0 Å². The fourth-order valence-electron chi connectivity index (χ4n) is 5.01. The molecular formula is C26H39N3O8S. The van der Waals surface area contributed by atoms with Gasteiger partial charge in [-0.1, -0.05) is 19.3 Å². The second-order valence-electron chi connectivity index (χ2n) is 9.74. The first-order chi connectivity index (χ1) is 18.2. The summed E-state index contributed by atoms with van der Waals surface area (Å²) in [5.41, 5.74) is 0.198. The Morgan fingerprint density at radius 1 is 1.11 bits per heavy atom. The van der Waals surface area contributed by atoms with Gasteiger partial charge >= 0.3 is 5.97 Å². The number of ether oxygens (including phenoxy) is 2. The van der Waals surface area contributed by atoms with Gasteiger partial charge in [-0.25, -0.2) is 18.2 Å². The first-order valence-electron chi connectivity index (χ1n) is 13.3. The molecule has 0 spiro atoms. The number of carbonyl (C=O) groups excluding carboxylic acids is 3. The molecule has 2 aliphatic rings. The maximum atomic E-state index is 13.1. The monoisotopic (exact) mass is 553 g/mol. The van der Waals surface area contributed by atoms with Gasteiger partial charge in [-0.05, 0) is 56.4 Å². The lowest BCUT2D eigenvalue weighted by molar-refractivity contribution is -0.177. The number of hydrogen-bond donors (Lipinski definition) is 2. The van der Waals surface area contributed by atoms with Crippen molar-refractivity contribution in [3.8, 4) is 5.75 Å². The molecule has 12 heteroatoms. The highest BCUT2D eigenvalue weighted by Crippen LogP contribution is 2.26. The van der Waals surface area contributed by atoms with Crippen molar-refractivity contribution in [2.75, 3.05) is 33.4 Å². The van der Waals surface area contributed by atoms with Gasteiger partial charge in [0.15, 0.2) is 0 Å². The Kier molecular flexibility index (Phi) is 10.9. The molecule has 2 fully saturated rings. The lowest BCUT2D eigenvalue weighted by atomic mass is 9.95. The number of carbonyl (C=O) groups is 3. The maximum Gasteiger partial charge on any atom is 0.309 e. The second-order valence-corrected chi connectivity index (χ2v) is 11.5. The average molecular weight is 554 g/mol. The number of rotatable bonds is 11. The van der Waals surface area contributed by atoms with Crippen molar-refractivity contribution >= 4 is 27.8 Å². The quantitative estimate of drug-likeness (QED) is 0.241. The number of likely N-dealkylation sites (tertiary alicyclic amines) is 1. The highest BCUT2D eigenvalue weighted by Gasteiger charge is 2.29.